The number of allylic oxidation sites excluding steroid dienone is 4. The number of halogens is 1. The molecule has 5 nitrogen and oxygen atoms in total. The van der Waals surface area contributed by atoms with Gasteiger partial charge in [0, 0.05) is 28.4 Å². The third-order valence-electron chi connectivity index (χ3n) is 6.79. The summed E-state index contributed by atoms with van der Waals surface area (Å²) >= 11 is 0. The van der Waals surface area contributed by atoms with Gasteiger partial charge in [-0.1, -0.05) is 63.8 Å². The first-order valence-electron chi connectivity index (χ1n) is 13.3. The number of benzene rings is 3. The van der Waals surface area contributed by atoms with Crippen LogP contribution in [0.5, 0.6) is 0 Å². The first-order chi connectivity index (χ1) is 19.1. The lowest BCUT2D eigenvalue weighted by Crippen LogP contribution is -2.26. The second kappa shape index (κ2) is 10.8. The third kappa shape index (κ3) is 5.66. The average molecular weight is 533 g/mol. The highest BCUT2D eigenvalue weighted by molar-refractivity contribution is 6.01. The lowest BCUT2D eigenvalue weighted by molar-refractivity contribution is -0.122. The molecule has 0 fully saturated rings. The normalized spacial score (nSPS) is 12.7. The molecule has 0 spiro atoms. The predicted molar refractivity (Wildman–Crippen MR) is 163 cm³/mol. The number of nitrogens with one attached hydrogen (secondary N) is 3. The summed E-state index contributed by atoms with van der Waals surface area (Å²) in [6, 6.07) is 20.8. The van der Waals surface area contributed by atoms with Gasteiger partial charge in [-0.05, 0) is 83.2 Å². The number of amides is 1. The van der Waals surface area contributed by atoms with E-state index in [1.807, 2.05) is 70.2 Å². The highest BCUT2D eigenvalue weighted by Gasteiger charge is 2.17. The van der Waals surface area contributed by atoms with Crippen molar-refractivity contribution in [2.24, 2.45) is 5.41 Å². The van der Waals surface area contributed by atoms with Gasteiger partial charge in [0.15, 0.2) is 0 Å². The Morgan fingerprint density at radius 1 is 1.02 bits per heavy atom. The van der Waals surface area contributed by atoms with Crippen molar-refractivity contribution in [3.63, 3.8) is 0 Å². The van der Waals surface area contributed by atoms with Crippen LogP contribution >= 0.6 is 0 Å². The monoisotopic (exact) mass is 532 g/mol. The number of aromatic nitrogens is 3. The van der Waals surface area contributed by atoms with Crippen molar-refractivity contribution in [1.82, 2.24) is 20.5 Å². The van der Waals surface area contributed by atoms with Gasteiger partial charge in [0.05, 0.1) is 11.2 Å². The fourth-order valence-electron chi connectivity index (χ4n) is 4.90. The Balaban J connectivity index is 1.51. The number of aromatic amines is 2. The zero-order chi connectivity index (χ0) is 28.4. The summed E-state index contributed by atoms with van der Waals surface area (Å²) < 4.78 is 13.5. The Hall–Kier alpha value is -4.71. The van der Waals surface area contributed by atoms with Crippen LogP contribution in [0.15, 0.2) is 97.2 Å². The maximum absolute atomic E-state index is 13.5. The van der Waals surface area contributed by atoms with Crippen molar-refractivity contribution in [1.29, 1.82) is 0 Å². The van der Waals surface area contributed by atoms with E-state index in [4.69, 9.17) is 0 Å². The molecule has 2 aromatic heterocycles. The first-order valence-corrected chi connectivity index (χ1v) is 13.3. The smallest absolute Gasteiger partial charge is 0.224 e. The maximum Gasteiger partial charge on any atom is 0.224 e. The predicted octanol–water partition coefficient (Wildman–Crippen LogP) is 8.54. The van der Waals surface area contributed by atoms with Crippen LogP contribution in [-0.4, -0.2) is 21.1 Å². The second-order valence-corrected chi connectivity index (χ2v) is 11.1. The molecule has 0 atom stereocenters. The second-order valence-electron chi connectivity index (χ2n) is 11.1. The van der Waals surface area contributed by atoms with Gasteiger partial charge in [-0.15, -0.1) is 0 Å². The Morgan fingerprint density at radius 3 is 2.50 bits per heavy atom. The van der Waals surface area contributed by atoms with Gasteiger partial charge in [0.2, 0.25) is 5.91 Å². The maximum atomic E-state index is 13.5. The lowest BCUT2D eigenvalue weighted by atomic mass is 9.92. The number of carbonyl (C=O) groups is 1. The number of carbonyl (C=O) groups excluding carboxylic acids is 1. The Bertz CT molecular complexity index is 1780. The van der Waals surface area contributed by atoms with E-state index in [0.29, 0.717) is 12.1 Å². The van der Waals surface area contributed by atoms with Crippen molar-refractivity contribution >= 4 is 33.3 Å². The molecule has 6 heteroatoms. The molecule has 5 aromatic rings. The van der Waals surface area contributed by atoms with Crippen molar-refractivity contribution < 1.29 is 9.18 Å². The fourth-order valence-corrected chi connectivity index (χ4v) is 4.90. The van der Waals surface area contributed by atoms with Gasteiger partial charge in [-0.3, -0.25) is 9.89 Å². The van der Waals surface area contributed by atoms with Crippen molar-refractivity contribution in [3.05, 3.63) is 109 Å². The molecule has 3 N–H and O–H groups in total. The van der Waals surface area contributed by atoms with Crippen LogP contribution in [0.3, 0.4) is 0 Å². The minimum Gasteiger partial charge on any atom is -0.353 e. The van der Waals surface area contributed by atoms with Crippen LogP contribution in [0, 0.1) is 11.2 Å². The van der Waals surface area contributed by atoms with Gasteiger partial charge in [-0.2, -0.15) is 5.10 Å². The summed E-state index contributed by atoms with van der Waals surface area (Å²) in [6.45, 7) is 12.0. The molecule has 2 heterocycles. The number of nitrogens with zero attached hydrogens (tertiary/aromatic N) is 1. The molecule has 0 aliphatic rings. The molecular formula is C34H33FN4O. The molecule has 0 bridgehead atoms. The van der Waals surface area contributed by atoms with E-state index in [1.54, 1.807) is 18.2 Å². The van der Waals surface area contributed by atoms with Crippen LogP contribution in [0.25, 0.3) is 49.9 Å². The van der Waals surface area contributed by atoms with Crippen LogP contribution in [0.1, 0.15) is 39.7 Å². The number of hydrogen-bond donors (Lipinski definition) is 3. The van der Waals surface area contributed by atoms with E-state index in [9.17, 15) is 9.18 Å². The summed E-state index contributed by atoms with van der Waals surface area (Å²) in [6.07, 6.45) is 6.03. The molecular weight excluding hydrogens is 499 g/mol. The van der Waals surface area contributed by atoms with Gasteiger partial charge >= 0.3 is 0 Å². The lowest BCUT2D eigenvalue weighted by Gasteiger charge is -2.17. The van der Waals surface area contributed by atoms with Gasteiger partial charge in [-0.25, -0.2) is 4.39 Å². The van der Waals surface area contributed by atoms with E-state index in [0.717, 1.165) is 55.5 Å². The van der Waals surface area contributed by atoms with E-state index < -0.39 is 0 Å². The number of H-pyrrole nitrogens is 2. The molecule has 0 aliphatic carbocycles. The Kier molecular flexibility index (Phi) is 7.26. The molecule has 1 amide bonds. The molecule has 0 aliphatic heterocycles. The number of hydrogen-bond acceptors (Lipinski definition) is 2. The van der Waals surface area contributed by atoms with Gasteiger partial charge < -0.3 is 10.3 Å². The number of fused-ring (bicyclic) bond motifs is 2. The zero-order valence-corrected chi connectivity index (χ0v) is 23.2. The molecule has 0 saturated heterocycles. The SMILES string of the molecule is C=C/C(=C\C(=C/C)c1ccc2[nH]nc(-c3cc4c(-c5ccc(F)cc5)cccc4[nH]3)c2c1)NC(=O)CC(C)(C)C. The molecule has 202 valence electrons. The van der Waals surface area contributed by atoms with Crippen molar-refractivity contribution in [2.45, 2.75) is 34.1 Å². The van der Waals surface area contributed by atoms with Crippen LogP contribution in [0.4, 0.5) is 4.39 Å². The molecule has 3 aromatic carbocycles. The van der Waals surface area contributed by atoms with Crippen LogP contribution < -0.4 is 5.32 Å². The zero-order valence-electron chi connectivity index (χ0n) is 23.2. The van der Waals surface area contributed by atoms with E-state index in [2.05, 4.69) is 39.2 Å². The minimum atomic E-state index is -0.257. The average Bonchev–Trinajstić information content (AvgIpc) is 3.54. The molecule has 40 heavy (non-hydrogen) atoms. The van der Waals surface area contributed by atoms with E-state index in [1.165, 1.54) is 12.1 Å². The standard InChI is InChI=1S/C34H33FN4O/c1-6-21(17-25(7-2)36-32(40)20-34(3,4)5)23-13-16-30-28(18-23)33(39-38-30)31-19-27-26(9-8-10-29(27)37-31)22-11-14-24(35)15-12-22/h6-19,37H,2,20H2,1,3-5H3,(H,36,40)(H,38,39)/b21-6+,25-17+. The van der Waals surface area contributed by atoms with Crippen molar-refractivity contribution in [3.8, 4) is 22.5 Å². The quantitative estimate of drug-likeness (QED) is 0.184. The molecule has 0 unspecified atom stereocenters. The molecule has 5 rings (SSSR count). The van der Waals surface area contributed by atoms with E-state index in [-0.39, 0.29) is 17.1 Å². The Morgan fingerprint density at radius 2 is 1.80 bits per heavy atom. The minimum absolute atomic E-state index is 0.0412. The first kappa shape index (κ1) is 26.9. The van der Waals surface area contributed by atoms with Crippen LogP contribution in [-0.2, 0) is 4.79 Å². The summed E-state index contributed by atoms with van der Waals surface area (Å²) in [4.78, 5) is 16.0. The molecule has 0 saturated carbocycles. The summed E-state index contributed by atoms with van der Waals surface area (Å²) in [5.74, 6) is -0.298. The number of rotatable bonds is 7. The summed E-state index contributed by atoms with van der Waals surface area (Å²) in [5, 5.41) is 12.8. The highest BCUT2D eigenvalue weighted by Crippen LogP contribution is 2.35. The van der Waals surface area contributed by atoms with Gasteiger partial charge in [0.1, 0.15) is 11.5 Å². The van der Waals surface area contributed by atoms with Gasteiger partial charge in [0.25, 0.3) is 0 Å². The largest absolute Gasteiger partial charge is 0.353 e. The van der Waals surface area contributed by atoms with E-state index >= 15 is 0 Å². The molecule has 0 radical (unpaired) electrons. The third-order valence-corrected chi connectivity index (χ3v) is 6.79. The highest BCUT2D eigenvalue weighted by atomic mass is 19.1. The topological polar surface area (TPSA) is 73.6 Å². The van der Waals surface area contributed by atoms with Crippen molar-refractivity contribution in [2.75, 3.05) is 0 Å². The fraction of sp³-hybridized carbons (Fsp3) is 0.176. The van der Waals surface area contributed by atoms with Crippen LogP contribution in [0.2, 0.25) is 0 Å². The summed E-state index contributed by atoms with van der Waals surface area (Å²) in [5.41, 5.74) is 8.04. The Labute approximate surface area is 233 Å². The summed E-state index contributed by atoms with van der Waals surface area (Å²) in [7, 11) is 0.